The molecule has 0 radical (unpaired) electrons. The van der Waals surface area contributed by atoms with Crippen LogP contribution in [0.5, 0.6) is 11.8 Å². The molecule has 44 heavy (non-hydrogen) atoms. The molecule has 0 spiro atoms. The van der Waals surface area contributed by atoms with Crippen LogP contribution in [0.15, 0.2) is 35.4 Å². The Hall–Kier alpha value is -2.96. The standard InChI is InChI=1S/C32H32ClFN6O3S/c33-21-5-1-4-17-12-19(41)13-20(24(17)21)27-26(34)28-25-29(38-31(37-28)43-16-32-8-2-10-39(32)11-3-9-32)40-14-18-6-7-22(35-18)23(40)15-44(42)30(25)36-27/h1,4-5,12-13,18,22-23,35,41H,2-3,6-11,14-16H2. The molecule has 5 aliphatic heterocycles. The number of ether oxygens (including phenoxy) is 1. The maximum absolute atomic E-state index is 17.0. The number of benzene rings is 2. The third-order valence-corrected chi connectivity index (χ3v) is 12.2. The van der Waals surface area contributed by atoms with Crippen molar-refractivity contribution >= 4 is 50.3 Å². The number of rotatable bonds is 4. The van der Waals surface area contributed by atoms with Crippen LogP contribution in [-0.2, 0) is 11.2 Å². The van der Waals surface area contributed by atoms with Gasteiger partial charge in [0.1, 0.15) is 34.7 Å². The first kappa shape index (κ1) is 27.4. The molecule has 4 saturated heterocycles. The van der Waals surface area contributed by atoms with Crippen LogP contribution in [0.2, 0.25) is 5.02 Å². The van der Waals surface area contributed by atoms with Crippen LogP contribution in [0, 0.1) is 5.82 Å². The summed E-state index contributed by atoms with van der Waals surface area (Å²) >= 11 is 5.07. The number of hydrogen-bond donors (Lipinski definition) is 2. The van der Waals surface area contributed by atoms with E-state index in [9.17, 15) is 9.66 Å². The third kappa shape index (κ3) is 4.05. The van der Waals surface area contributed by atoms with Gasteiger partial charge in [0.25, 0.3) is 5.03 Å². The molecule has 0 saturated carbocycles. The highest BCUT2D eigenvalue weighted by Gasteiger charge is 2.48. The van der Waals surface area contributed by atoms with E-state index in [0.717, 1.165) is 51.6 Å². The Morgan fingerprint density at radius 1 is 1.14 bits per heavy atom. The summed E-state index contributed by atoms with van der Waals surface area (Å²) in [5.74, 6) is 0.146. The van der Waals surface area contributed by atoms with Crippen LogP contribution in [-0.4, -0.2) is 85.2 Å². The van der Waals surface area contributed by atoms with Crippen molar-refractivity contribution in [1.82, 2.24) is 25.2 Å². The molecule has 2 aromatic heterocycles. The van der Waals surface area contributed by atoms with Crippen molar-refractivity contribution in [3.8, 4) is 23.0 Å². The Bertz CT molecular complexity index is 1840. The molecular formula is C32H32ClFN6O3S. The van der Waals surface area contributed by atoms with E-state index < -0.39 is 17.0 Å². The largest absolute Gasteiger partial charge is 0.610 e. The first-order valence-electron chi connectivity index (χ1n) is 15.5. The predicted octanol–water partition coefficient (Wildman–Crippen LogP) is 4.78. The number of nitrogens with zero attached hydrogens (tertiary/aromatic N) is 5. The second-order valence-electron chi connectivity index (χ2n) is 13.0. The second kappa shape index (κ2) is 10.0. The molecule has 2 N–H and O–H groups in total. The number of phenols is 1. The summed E-state index contributed by atoms with van der Waals surface area (Å²) in [5, 5.41) is 16.5. The van der Waals surface area contributed by atoms with E-state index in [1.807, 2.05) is 0 Å². The molecule has 2 aromatic carbocycles. The number of fused-ring (bicyclic) bond motifs is 7. The summed E-state index contributed by atoms with van der Waals surface area (Å²) in [4.78, 5) is 19.1. The van der Waals surface area contributed by atoms with Gasteiger partial charge in [0.15, 0.2) is 11.6 Å². The van der Waals surface area contributed by atoms with Crippen molar-refractivity contribution in [2.75, 3.05) is 36.9 Å². The predicted molar refractivity (Wildman–Crippen MR) is 168 cm³/mol. The lowest BCUT2D eigenvalue weighted by atomic mass is 9.95. The van der Waals surface area contributed by atoms with Gasteiger partial charge in [0.2, 0.25) is 0 Å². The summed E-state index contributed by atoms with van der Waals surface area (Å²) in [6, 6.07) is 8.81. The summed E-state index contributed by atoms with van der Waals surface area (Å²) < 4.78 is 37.5. The van der Waals surface area contributed by atoms with E-state index in [4.69, 9.17) is 26.3 Å². The average Bonchev–Trinajstić information content (AvgIpc) is 3.69. The first-order chi connectivity index (χ1) is 21.4. The highest BCUT2D eigenvalue weighted by atomic mass is 35.5. The topological polar surface area (TPSA) is 110 Å². The minimum Gasteiger partial charge on any atom is -0.610 e. The van der Waals surface area contributed by atoms with E-state index in [-0.39, 0.29) is 51.7 Å². The molecule has 4 fully saturated rings. The van der Waals surface area contributed by atoms with E-state index in [0.29, 0.717) is 51.5 Å². The minimum absolute atomic E-state index is 0.0284. The lowest BCUT2D eigenvalue weighted by Gasteiger charge is -2.40. The SMILES string of the molecule is [O-][S+]1CC2C3CCC(CN2c2nc(OCC45CCCN4CCC5)nc4c(F)c(-c5cc(O)cc6cccc(Cl)c56)nc1c24)N3. The van der Waals surface area contributed by atoms with Crippen LogP contribution in [0.25, 0.3) is 32.9 Å². The molecule has 4 aromatic rings. The molecule has 4 unspecified atom stereocenters. The fraction of sp³-hybridized carbons (Fsp3) is 0.469. The number of nitrogens with one attached hydrogen (secondary N) is 1. The van der Waals surface area contributed by atoms with Crippen LogP contribution in [0.1, 0.15) is 38.5 Å². The summed E-state index contributed by atoms with van der Waals surface area (Å²) in [7, 11) is 0. The van der Waals surface area contributed by atoms with Gasteiger partial charge in [0, 0.05) is 45.8 Å². The number of piperazine rings is 1. The number of halogens is 2. The van der Waals surface area contributed by atoms with Gasteiger partial charge in [0.05, 0.1) is 11.6 Å². The van der Waals surface area contributed by atoms with Crippen LogP contribution >= 0.6 is 11.6 Å². The number of hydrogen-bond acceptors (Lipinski definition) is 9. The Balaban J connectivity index is 1.26. The van der Waals surface area contributed by atoms with Gasteiger partial charge in [-0.05, 0) is 75.2 Å². The Kier molecular flexibility index (Phi) is 6.23. The van der Waals surface area contributed by atoms with Crippen molar-refractivity contribution in [2.24, 2.45) is 0 Å². The maximum Gasteiger partial charge on any atom is 0.319 e. The highest BCUT2D eigenvalue weighted by molar-refractivity contribution is 7.91. The van der Waals surface area contributed by atoms with E-state index >= 15 is 4.39 Å². The minimum atomic E-state index is -1.56. The molecule has 4 atom stereocenters. The number of phenolic OH excluding ortho intramolecular Hbond substituents is 1. The van der Waals surface area contributed by atoms with Crippen LogP contribution in [0.4, 0.5) is 10.2 Å². The fourth-order valence-corrected chi connectivity index (χ4v) is 10.3. The van der Waals surface area contributed by atoms with Crippen molar-refractivity contribution in [2.45, 2.75) is 67.2 Å². The molecule has 9 rings (SSSR count). The molecular weight excluding hydrogens is 603 g/mol. The zero-order valence-corrected chi connectivity index (χ0v) is 25.6. The monoisotopic (exact) mass is 634 g/mol. The maximum atomic E-state index is 17.0. The molecule has 2 bridgehead atoms. The molecule has 9 nitrogen and oxygen atoms in total. The zero-order chi connectivity index (χ0) is 29.7. The Labute approximate surface area is 261 Å². The molecule has 12 heteroatoms. The Morgan fingerprint density at radius 2 is 1.98 bits per heavy atom. The lowest BCUT2D eigenvalue weighted by molar-refractivity contribution is 0.108. The van der Waals surface area contributed by atoms with Gasteiger partial charge in [-0.3, -0.25) is 4.90 Å². The molecule has 0 amide bonds. The summed E-state index contributed by atoms with van der Waals surface area (Å²) in [6.45, 7) is 3.26. The van der Waals surface area contributed by atoms with Gasteiger partial charge < -0.3 is 24.6 Å². The second-order valence-corrected chi connectivity index (χ2v) is 14.8. The quantitative estimate of drug-likeness (QED) is 0.307. The Morgan fingerprint density at radius 3 is 2.82 bits per heavy atom. The van der Waals surface area contributed by atoms with Crippen molar-refractivity contribution in [1.29, 1.82) is 0 Å². The summed E-state index contributed by atoms with van der Waals surface area (Å²) in [5.41, 5.74) is 0.256. The van der Waals surface area contributed by atoms with E-state index in [1.54, 1.807) is 24.3 Å². The molecule has 5 aliphatic rings. The zero-order valence-electron chi connectivity index (χ0n) is 24.1. The van der Waals surface area contributed by atoms with E-state index in [1.165, 1.54) is 6.07 Å². The van der Waals surface area contributed by atoms with Gasteiger partial charge in [-0.15, -0.1) is 0 Å². The summed E-state index contributed by atoms with van der Waals surface area (Å²) in [6.07, 6.45) is 6.41. The van der Waals surface area contributed by atoms with Gasteiger partial charge >= 0.3 is 6.01 Å². The molecule has 7 heterocycles. The molecule has 0 aliphatic carbocycles. The number of aromatic nitrogens is 3. The van der Waals surface area contributed by atoms with Gasteiger partial charge in [-0.25, -0.2) is 4.39 Å². The normalized spacial score (nSPS) is 27.1. The smallest absolute Gasteiger partial charge is 0.319 e. The number of pyridine rings is 1. The van der Waals surface area contributed by atoms with Crippen LogP contribution in [0.3, 0.4) is 0 Å². The first-order valence-corrected chi connectivity index (χ1v) is 17.2. The van der Waals surface area contributed by atoms with Gasteiger partial charge in [-0.2, -0.15) is 15.0 Å². The third-order valence-electron chi connectivity index (χ3n) is 10.5. The van der Waals surface area contributed by atoms with Gasteiger partial charge in [-0.1, -0.05) is 23.7 Å². The number of anilines is 1. The molecule has 228 valence electrons. The lowest BCUT2D eigenvalue weighted by Crippen LogP contribution is -2.60. The number of aromatic hydroxyl groups is 1. The van der Waals surface area contributed by atoms with E-state index in [2.05, 4.69) is 20.1 Å². The van der Waals surface area contributed by atoms with Crippen molar-refractivity contribution in [3.05, 3.63) is 41.2 Å². The fourth-order valence-electron chi connectivity index (χ4n) is 8.50. The average molecular weight is 635 g/mol. The van der Waals surface area contributed by atoms with Crippen molar-refractivity contribution in [3.63, 3.8) is 0 Å². The highest BCUT2D eigenvalue weighted by Crippen LogP contribution is 2.45. The van der Waals surface area contributed by atoms with Crippen molar-refractivity contribution < 1.29 is 18.8 Å². The van der Waals surface area contributed by atoms with Crippen LogP contribution < -0.4 is 15.0 Å².